The third kappa shape index (κ3) is 1.88. The maximum Gasteiger partial charge on any atom is 0.294 e. The molecule has 0 amide bonds. The third-order valence-electron chi connectivity index (χ3n) is 2.80. The van der Waals surface area contributed by atoms with Gasteiger partial charge in [-0.2, -0.15) is 5.10 Å². The standard InChI is InChI=1S/C12H8ClN5O2/c1-7-15-11(13)8-6-14-17(12(8)16-7)9-4-2-3-5-10(9)18(19)20/h2-6H,1H3. The van der Waals surface area contributed by atoms with E-state index in [-0.39, 0.29) is 10.8 Å². The molecule has 0 aliphatic heterocycles. The number of rotatable bonds is 2. The lowest BCUT2D eigenvalue weighted by Crippen LogP contribution is -2.03. The zero-order chi connectivity index (χ0) is 14.3. The molecule has 3 rings (SSSR count). The smallest absolute Gasteiger partial charge is 0.258 e. The fourth-order valence-electron chi connectivity index (χ4n) is 1.95. The van der Waals surface area contributed by atoms with Crippen LogP contribution in [-0.2, 0) is 0 Å². The van der Waals surface area contributed by atoms with Crippen molar-refractivity contribution in [3.05, 3.63) is 51.6 Å². The van der Waals surface area contributed by atoms with Crippen LogP contribution in [0.25, 0.3) is 16.7 Å². The van der Waals surface area contributed by atoms with Crippen LogP contribution >= 0.6 is 11.6 Å². The monoisotopic (exact) mass is 289 g/mol. The van der Waals surface area contributed by atoms with Crippen molar-refractivity contribution in [2.75, 3.05) is 0 Å². The molecule has 0 aliphatic rings. The van der Waals surface area contributed by atoms with Crippen molar-refractivity contribution in [2.45, 2.75) is 6.92 Å². The number of para-hydroxylation sites is 2. The zero-order valence-electron chi connectivity index (χ0n) is 10.3. The molecule has 2 heterocycles. The maximum atomic E-state index is 11.1. The minimum absolute atomic E-state index is 0.0510. The Hall–Kier alpha value is -2.54. The van der Waals surface area contributed by atoms with Crippen molar-refractivity contribution in [2.24, 2.45) is 0 Å². The predicted octanol–water partition coefficient (Wildman–Crippen LogP) is 2.69. The molecular weight excluding hydrogens is 282 g/mol. The average Bonchev–Trinajstić information content (AvgIpc) is 2.82. The first-order valence-electron chi connectivity index (χ1n) is 5.69. The molecule has 0 bridgehead atoms. The van der Waals surface area contributed by atoms with Crippen LogP contribution in [0.3, 0.4) is 0 Å². The Morgan fingerprint density at radius 2 is 2.05 bits per heavy atom. The van der Waals surface area contributed by atoms with E-state index in [0.717, 1.165) is 0 Å². The second-order valence-corrected chi connectivity index (χ2v) is 4.46. The van der Waals surface area contributed by atoms with Crippen molar-refractivity contribution in [1.29, 1.82) is 0 Å². The third-order valence-corrected chi connectivity index (χ3v) is 3.09. The van der Waals surface area contributed by atoms with Crippen molar-refractivity contribution in [1.82, 2.24) is 19.7 Å². The van der Waals surface area contributed by atoms with Gasteiger partial charge < -0.3 is 0 Å². The number of benzene rings is 1. The van der Waals surface area contributed by atoms with Gasteiger partial charge in [-0.05, 0) is 13.0 Å². The zero-order valence-corrected chi connectivity index (χ0v) is 11.1. The highest BCUT2D eigenvalue weighted by Crippen LogP contribution is 2.27. The van der Waals surface area contributed by atoms with Crippen molar-refractivity contribution in [3.8, 4) is 5.69 Å². The van der Waals surface area contributed by atoms with Crippen molar-refractivity contribution < 1.29 is 4.92 Å². The Morgan fingerprint density at radius 1 is 1.30 bits per heavy atom. The number of aryl methyl sites for hydroxylation is 1. The number of nitrogens with zero attached hydrogens (tertiary/aromatic N) is 5. The molecule has 0 spiro atoms. The number of aromatic nitrogens is 4. The Kier molecular flexibility index (Phi) is 2.83. The molecule has 100 valence electrons. The summed E-state index contributed by atoms with van der Waals surface area (Å²) in [7, 11) is 0. The minimum atomic E-state index is -0.460. The van der Waals surface area contributed by atoms with E-state index in [1.165, 1.54) is 16.9 Å². The van der Waals surface area contributed by atoms with Gasteiger partial charge in [-0.3, -0.25) is 10.1 Å². The normalized spacial score (nSPS) is 10.9. The Morgan fingerprint density at radius 3 is 2.80 bits per heavy atom. The van der Waals surface area contributed by atoms with Crippen LogP contribution in [0, 0.1) is 17.0 Å². The molecule has 0 N–H and O–H groups in total. The SMILES string of the molecule is Cc1nc(Cl)c2cnn(-c3ccccc3[N+](=O)[O-])c2n1. The lowest BCUT2D eigenvalue weighted by Gasteiger charge is -2.04. The molecular formula is C12H8ClN5O2. The number of halogens is 1. The second-order valence-electron chi connectivity index (χ2n) is 4.10. The summed E-state index contributed by atoms with van der Waals surface area (Å²) < 4.78 is 1.40. The first-order valence-corrected chi connectivity index (χ1v) is 6.07. The van der Waals surface area contributed by atoms with Gasteiger partial charge in [-0.25, -0.2) is 14.6 Å². The van der Waals surface area contributed by atoms with Gasteiger partial charge in [0, 0.05) is 6.07 Å². The van der Waals surface area contributed by atoms with E-state index in [1.54, 1.807) is 25.1 Å². The average molecular weight is 290 g/mol. The first-order chi connectivity index (χ1) is 9.58. The van der Waals surface area contributed by atoms with E-state index in [9.17, 15) is 10.1 Å². The summed E-state index contributed by atoms with van der Waals surface area (Å²) >= 11 is 6.03. The summed E-state index contributed by atoms with van der Waals surface area (Å²) in [5.41, 5.74) is 0.725. The maximum absolute atomic E-state index is 11.1. The molecule has 2 aromatic heterocycles. The van der Waals surface area contributed by atoms with E-state index in [4.69, 9.17) is 11.6 Å². The molecule has 8 heteroatoms. The highest BCUT2D eigenvalue weighted by Gasteiger charge is 2.18. The van der Waals surface area contributed by atoms with E-state index in [2.05, 4.69) is 15.1 Å². The lowest BCUT2D eigenvalue weighted by atomic mass is 10.2. The number of nitro benzene ring substituents is 1. The number of fused-ring (bicyclic) bond motifs is 1. The van der Waals surface area contributed by atoms with Crippen LogP contribution in [-0.4, -0.2) is 24.7 Å². The highest BCUT2D eigenvalue weighted by molar-refractivity contribution is 6.33. The molecule has 0 fully saturated rings. The molecule has 0 atom stereocenters. The van der Waals surface area contributed by atoms with Crippen LogP contribution in [0.15, 0.2) is 30.5 Å². The summed E-state index contributed by atoms with van der Waals surface area (Å²) in [4.78, 5) is 18.9. The van der Waals surface area contributed by atoms with Crippen molar-refractivity contribution >= 4 is 28.3 Å². The van der Waals surface area contributed by atoms with E-state index in [1.807, 2.05) is 0 Å². The molecule has 0 radical (unpaired) electrons. The molecule has 20 heavy (non-hydrogen) atoms. The minimum Gasteiger partial charge on any atom is -0.258 e. The van der Waals surface area contributed by atoms with Gasteiger partial charge in [0.25, 0.3) is 5.69 Å². The molecule has 0 saturated heterocycles. The van der Waals surface area contributed by atoms with Gasteiger partial charge in [-0.1, -0.05) is 23.7 Å². The largest absolute Gasteiger partial charge is 0.294 e. The number of nitro groups is 1. The summed E-state index contributed by atoms with van der Waals surface area (Å²) in [6, 6.07) is 6.32. The van der Waals surface area contributed by atoms with Crippen LogP contribution < -0.4 is 0 Å². The van der Waals surface area contributed by atoms with E-state index >= 15 is 0 Å². The van der Waals surface area contributed by atoms with Crippen LogP contribution in [0.1, 0.15) is 5.82 Å². The van der Waals surface area contributed by atoms with Gasteiger partial charge in [0.2, 0.25) is 0 Å². The van der Waals surface area contributed by atoms with Crippen LogP contribution in [0.2, 0.25) is 5.15 Å². The van der Waals surface area contributed by atoms with Gasteiger partial charge in [0.05, 0.1) is 16.5 Å². The number of hydrogen-bond donors (Lipinski definition) is 0. The Labute approximate surface area is 118 Å². The van der Waals surface area contributed by atoms with Crippen molar-refractivity contribution in [3.63, 3.8) is 0 Å². The molecule has 0 aliphatic carbocycles. The van der Waals surface area contributed by atoms with E-state index < -0.39 is 4.92 Å². The fraction of sp³-hybridized carbons (Fsp3) is 0.0833. The first kappa shape index (κ1) is 12.5. The van der Waals surface area contributed by atoms with Gasteiger partial charge in [0.1, 0.15) is 16.7 Å². The summed E-state index contributed by atoms with van der Waals surface area (Å²) in [6.07, 6.45) is 1.49. The lowest BCUT2D eigenvalue weighted by molar-refractivity contribution is -0.384. The topological polar surface area (TPSA) is 86.7 Å². The molecule has 3 aromatic rings. The number of hydrogen-bond acceptors (Lipinski definition) is 5. The molecule has 0 saturated carbocycles. The molecule has 7 nitrogen and oxygen atoms in total. The summed E-state index contributed by atoms with van der Waals surface area (Å²) in [6.45, 7) is 1.70. The summed E-state index contributed by atoms with van der Waals surface area (Å²) in [5, 5.41) is 16.1. The molecule has 1 aromatic carbocycles. The highest BCUT2D eigenvalue weighted by atomic mass is 35.5. The van der Waals surface area contributed by atoms with Gasteiger partial charge in [-0.15, -0.1) is 0 Å². The van der Waals surface area contributed by atoms with Gasteiger partial charge in [0.15, 0.2) is 5.65 Å². The second kappa shape index (κ2) is 4.53. The fourth-order valence-corrected chi connectivity index (χ4v) is 2.21. The Balaban J connectivity index is 2.34. The van der Waals surface area contributed by atoms with E-state index in [0.29, 0.717) is 22.5 Å². The van der Waals surface area contributed by atoms with Crippen LogP contribution in [0.4, 0.5) is 5.69 Å². The van der Waals surface area contributed by atoms with Gasteiger partial charge >= 0.3 is 0 Å². The predicted molar refractivity (Wildman–Crippen MR) is 73.1 cm³/mol. The van der Waals surface area contributed by atoms with Crippen LogP contribution in [0.5, 0.6) is 0 Å². The molecule has 0 unspecified atom stereocenters. The summed E-state index contributed by atoms with van der Waals surface area (Å²) in [5.74, 6) is 0.475. The quantitative estimate of drug-likeness (QED) is 0.411. The Bertz CT molecular complexity index is 830.